The van der Waals surface area contributed by atoms with E-state index in [1.165, 1.54) is 32.1 Å². The van der Waals surface area contributed by atoms with Crippen molar-refractivity contribution in [1.82, 2.24) is 10.6 Å². The largest absolute Gasteiger partial charge is 0.356 e. The Morgan fingerprint density at radius 1 is 1.44 bits per heavy atom. The molecule has 0 aliphatic heterocycles. The van der Waals surface area contributed by atoms with E-state index in [9.17, 15) is 0 Å². The molecule has 0 aromatic rings. The molecule has 0 saturated heterocycles. The van der Waals surface area contributed by atoms with Crippen LogP contribution in [0.1, 0.15) is 32.1 Å². The van der Waals surface area contributed by atoms with E-state index in [0.29, 0.717) is 5.41 Å². The van der Waals surface area contributed by atoms with E-state index in [1.54, 1.807) is 0 Å². The molecule has 3 heteroatoms. The third-order valence-electron chi connectivity index (χ3n) is 4.04. The third kappa shape index (κ3) is 2.39. The fourth-order valence-electron chi connectivity index (χ4n) is 2.71. The molecule has 2 aliphatic carbocycles. The lowest BCUT2D eigenvalue weighted by Crippen LogP contribution is -2.47. The quantitative estimate of drug-likeness (QED) is 0.423. The second-order valence-corrected chi connectivity index (χ2v) is 5.09. The molecule has 3 nitrogen and oxygen atoms in total. The predicted molar refractivity (Wildman–Crippen MR) is 68.6 cm³/mol. The van der Waals surface area contributed by atoms with Crippen molar-refractivity contribution in [2.75, 3.05) is 20.1 Å². The van der Waals surface area contributed by atoms with Gasteiger partial charge in [0, 0.05) is 20.1 Å². The number of hydrogen-bond acceptors (Lipinski definition) is 1. The van der Waals surface area contributed by atoms with Crippen LogP contribution in [0.25, 0.3) is 0 Å². The van der Waals surface area contributed by atoms with Crippen LogP contribution >= 0.6 is 0 Å². The van der Waals surface area contributed by atoms with Gasteiger partial charge in [-0.15, -0.1) is 6.58 Å². The molecule has 0 amide bonds. The van der Waals surface area contributed by atoms with E-state index >= 15 is 0 Å². The van der Waals surface area contributed by atoms with E-state index in [4.69, 9.17) is 0 Å². The Bertz CT molecular complexity index is 275. The van der Waals surface area contributed by atoms with Crippen LogP contribution in [0.4, 0.5) is 0 Å². The summed E-state index contributed by atoms with van der Waals surface area (Å²) in [6, 6.07) is 0. The Balaban J connectivity index is 1.78. The lowest BCUT2D eigenvalue weighted by molar-refractivity contribution is 0.106. The maximum atomic E-state index is 4.21. The molecule has 0 heterocycles. The lowest BCUT2D eigenvalue weighted by atomic mass is 9.65. The zero-order valence-electron chi connectivity index (χ0n) is 10.3. The van der Waals surface area contributed by atoms with Crippen LogP contribution in [0.15, 0.2) is 17.6 Å². The van der Waals surface area contributed by atoms with Crippen LogP contribution in [0.2, 0.25) is 0 Å². The summed E-state index contributed by atoms with van der Waals surface area (Å²) in [6.45, 7) is 5.56. The average Bonchev–Trinajstić information content (AvgIpc) is 3.05. The molecule has 2 aliphatic rings. The van der Waals surface area contributed by atoms with Gasteiger partial charge in [-0.25, -0.2) is 0 Å². The van der Waals surface area contributed by atoms with Crippen molar-refractivity contribution in [3.8, 4) is 0 Å². The Hall–Kier alpha value is -0.990. The number of nitrogens with one attached hydrogen (secondary N) is 2. The summed E-state index contributed by atoms with van der Waals surface area (Å²) in [5.74, 6) is 1.90. The second-order valence-electron chi connectivity index (χ2n) is 5.09. The highest BCUT2D eigenvalue weighted by Crippen LogP contribution is 2.56. The molecule has 0 radical (unpaired) electrons. The van der Waals surface area contributed by atoms with Crippen LogP contribution in [0, 0.1) is 11.3 Å². The minimum absolute atomic E-state index is 0.603. The van der Waals surface area contributed by atoms with Gasteiger partial charge in [0.05, 0.1) is 0 Å². The van der Waals surface area contributed by atoms with Crippen LogP contribution in [0.5, 0.6) is 0 Å². The molecule has 0 unspecified atom stereocenters. The Morgan fingerprint density at radius 2 is 2.19 bits per heavy atom. The molecule has 2 fully saturated rings. The van der Waals surface area contributed by atoms with Crippen molar-refractivity contribution in [3.63, 3.8) is 0 Å². The lowest BCUT2D eigenvalue weighted by Gasteiger charge is -2.43. The zero-order valence-corrected chi connectivity index (χ0v) is 10.3. The SMILES string of the molecule is C=CCNC(=NC)NCC1(C2CC2)CCC1. The number of hydrogen-bond donors (Lipinski definition) is 2. The maximum absolute atomic E-state index is 4.21. The number of aliphatic imine (C=N–C) groups is 1. The minimum atomic E-state index is 0.603. The smallest absolute Gasteiger partial charge is 0.191 e. The zero-order chi connectivity index (χ0) is 11.4. The van der Waals surface area contributed by atoms with Crippen molar-refractivity contribution >= 4 is 5.96 Å². The van der Waals surface area contributed by atoms with E-state index < -0.39 is 0 Å². The highest BCUT2D eigenvalue weighted by Gasteiger charge is 2.48. The van der Waals surface area contributed by atoms with Gasteiger partial charge in [0.2, 0.25) is 0 Å². The van der Waals surface area contributed by atoms with E-state index in [2.05, 4.69) is 22.2 Å². The molecule has 0 spiro atoms. The van der Waals surface area contributed by atoms with Gasteiger partial charge in [-0.1, -0.05) is 12.5 Å². The molecule has 0 aromatic heterocycles. The molecule has 2 N–H and O–H groups in total. The third-order valence-corrected chi connectivity index (χ3v) is 4.04. The summed E-state index contributed by atoms with van der Waals surface area (Å²) in [4.78, 5) is 4.21. The summed E-state index contributed by atoms with van der Waals surface area (Å²) in [5, 5.41) is 6.68. The molecule has 16 heavy (non-hydrogen) atoms. The average molecular weight is 221 g/mol. The number of nitrogens with zero attached hydrogens (tertiary/aromatic N) is 1. The van der Waals surface area contributed by atoms with E-state index in [0.717, 1.165) is 25.0 Å². The van der Waals surface area contributed by atoms with E-state index in [1.807, 2.05) is 13.1 Å². The summed E-state index contributed by atoms with van der Waals surface area (Å²) in [7, 11) is 1.82. The fourth-order valence-corrected chi connectivity index (χ4v) is 2.71. The van der Waals surface area contributed by atoms with Gasteiger partial charge >= 0.3 is 0 Å². The molecule has 0 aromatic carbocycles. The Labute approximate surface area is 98.4 Å². The van der Waals surface area contributed by atoms with Crippen molar-refractivity contribution in [3.05, 3.63) is 12.7 Å². The van der Waals surface area contributed by atoms with Gasteiger partial charge in [-0.3, -0.25) is 4.99 Å². The first-order chi connectivity index (χ1) is 7.80. The molecule has 2 saturated carbocycles. The normalized spacial score (nSPS) is 23.4. The van der Waals surface area contributed by atoms with Crippen molar-refractivity contribution in [2.24, 2.45) is 16.3 Å². The summed E-state index contributed by atoms with van der Waals surface area (Å²) in [5.41, 5.74) is 0.603. The standard InChI is InChI=1S/C13H23N3/c1-3-9-15-12(14-2)16-10-13(7-4-8-13)11-5-6-11/h3,11H,1,4-10H2,2H3,(H2,14,15,16). The molecule has 90 valence electrons. The fraction of sp³-hybridized carbons (Fsp3) is 0.769. The van der Waals surface area contributed by atoms with Gasteiger partial charge in [0.25, 0.3) is 0 Å². The Kier molecular flexibility index (Phi) is 3.52. The monoisotopic (exact) mass is 221 g/mol. The van der Waals surface area contributed by atoms with Crippen LogP contribution in [0.3, 0.4) is 0 Å². The van der Waals surface area contributed by atoms with Gasteiger partial charge in [-0.05, 0) is 37.0 Å². The predicted octanol–water partition coefficient (Wildman–Crippen LogP) is 1.92. The highest BCUT2D eigenvalue weighted by atomic mass is 15.2. The summed E-state index contributed by atoms with van der Waals surface area (Å²) >= 11 is 0. The van der Waals surface area contributed by atoms with Crippen molar-refractivity contribution in [1.29, 1.82) is 0 Å². The number of guanidine groups is 1. The van der Waals surface area contributed by atoms with Crippen molar-refractivity contribution in [2.45, 2.75) is 32.1 Å². The first-order valence-electron chi connectivity index (χ1n) is 6.36. The first-order valence-corrected chi connectivity index (χ1v) is 6.36. The van der Waals surface area contributed by atoms with Gasteiger partial charge in [0.1, 0.15) is 0 Å². The molecular weight excluding hydrogens is 198 g/mol. The maximum Gasteiger partial charge on any atom is 0.191 e. The molecular formula is C13H23N3. The topological polar surface area (TPSA) is 36.4 Å². The highest BCUT2D eigenvalue weighted by molar-refractivity contribution is 5.79. The van der Waals surface area contributed by atoms with Crippen molar-refractivity contribution < 1.29 is 0 Å². The van der Waals surface area contributed by atoms with Gasteiger partial charge in [0.15, 0.2) is 5.96 Å². The summed E-state index contributed by atoms with van der Waals surface area (Å²) < 4.78 is 0. The van der Waals surface area contributed by atoms with Crippen LogP contribution in [-0.2, 0) is 0 Å². The molecule has 2 rings (SSSR count). The minimum Gasteiger partial charge on any atom is -0.356 e. The molecule has 0 atom stereocenters. The van der Waals surface area contributed by atoms with Gasteiger partial charge < -0.3 is 10.6 Å². The van der Waals surface area contributed by atoms with Gasteiger partial charge in [-0.2, -0.15) is 0 Å². The van der Waals surface area contributed by atoms with Crippen LogP contribution < -0.4 is 10.6 Å². The second kappa shape index (κ2) is 4.89. The number of rotatable bonds is 5. The Morgan fingerprint density at radius 3 is 2.62 bits per heavy atom. The molecule has 0 bridgehead atoms. The van der Waals surface area contributed by atoms with E-state index in [-0.39, 0.29) is 0 Å². The first kappa shape index (κ1) is 11.5. The summed E-state index contributed by atoms with van der Waals surface area (Å²) in [6.07, 6.45) is 8.97. The van der Waals surface area contributed by atoms with Crippen LogP contribution in [-0.4, -0.2) is 26.1 Å².